The van der Waals surface area contributed by atoms with E-state index >= 15 is 0 Å². The molecule has 0 radical (unpaired) electrons. The van der Waals surface area contributed by atoms with Gasteiger partial charge >= 0.3 is 0 Å². The first kappa shape index (κ1) is 18.2. The first-order valence-electron chi connectivity index (χ1n) is 8.36. The van der Waals surface area contributed by atoms with Crippen LogP contribution in [0, 0.1) is 0 Å². The Kier molecular flexibility index (Phi) is 5.10. The van der Waals surface area contributed by atoms with E-state index in [9.17, 15) is 4.79 Å². The molecule has 1 aromatic heterocycles. The summed E-state index contributed by atoms with van der Waals surface area (Å²) in [6.45, 7) is 0. The van der Waals surface area contributed by atoms with Gasteiger partial charge in [-0.2, -0.15) is 0 Å². The summed E-state index contributed by atoms with van der Waals surface area (Å²) >= 11 is 11.9. The van der Waals surface area contributed by atoms with Crippen molar-refractivity contribution in [3.05, 3.63) is 88.4 Å². The van der Waals surface area contributed by atoms with Crippen molar-refractivity contribution in [1.82, 2.24) is 10.2 Å². The molecule has 0 aliphatic rings. The van der Waals surface area contributed by atoms with Crippen molar-refractivity contribution in [3.63, 3.8) is 0 Å². The fourth-order valence-electron chi connectivity index (χ4n) is 2.61. The minimum atomic E-state index is -0.321. The van der Waals surface area contributed by atoms with Crippen LogP contribution in [0.3, 0.4) is 0 Å². The quantitative estimate of drug-likeness (QED) is 0.451. The fourth-order valence-corrected chi connectivity index (χ4v) is 3.10. The number of nitrogens with zero attached hydrogens (tertiary/aromatic N) is 2. The van der Waals surface area contributed by atoms with Gasteiger partial charge in [0.15, 0.2) is 0 Å². The van der Waals surface area contributed by atoms with Gasteiger partial charge in [0.25, 0.3) is 5.91 Å². The zero-order valence-corrected chi connectivity index (χ0v) is 15.9. The molecule has 4 rings (SSSR count). The number of carbonyl (C=O) groups is 1. The van der Waals surface area contributed by atoms with Crippen LogP contribution in [-0.2, 0) is 0 Å². The maximum absolute atomic E-state index is 12.4. The highest BCUT2D eigenvalue weighted by atomic mass is 35.5. The molecule has 1 N–H and O–H groups in total. The van der Waals surface area contributed by atoms with Gasteiger partial charge in [0.05, 0.1) is 10.6 Å². The van der Waals surface area contributed by atoms with Crippen molar-refractivity contribution in [3.8, 4) is 22.9 Å². The van der Waals surface area contributed by atoms with E-state index in [4.69, 9.17) is 27.6 Å². The predicted octanol–water partition coefficient (Wildman–Crippen LogP) is 5.96. The lowest BCUT2D eigenvalue weighted by atomic mass is 10.2. The normalized spacial score (nSPS) is 10.6. The Morgan fingerprint density at radius 3 is 2.11 bits per heavy atom. The number of hydrogen-bond donors (Lipinski definition) is 1. The first-order chi connectivity index (χ1) is 13.6. The van der Waals surface area contributed by atoms with Crippen LogP contribution in [0.1, 0.15) is 10.4 Å². The average Bonchev–Trinajstić information content (AvgIpc) is 3.19. The number of nitrogens with one attached hydrogen (secondary N) is 1. The van der Waals surface area contributed by atoms with E-state index in [1.807, 2.05) is 30.3 Å². The van der Waals surface area contributed by atoms with Crippen molar-refractivity contribution in [2.45, 2.75) is 0 Å². The second-order valence-electron chi connectivity index (χ2n) is 5.93. The molecule has 0 atom stereocenters. The molecule has 7 heteroatoms. The summed E-state index contributed by atoms with van der Waals surface area (Å²) in [5.74, 6) is 0.529. The third-order valence-corrected chi connectivity index (χ3v) is 4.56. The molecule has 4 aromatic rings. The van der Waals surface area contributed by atoms with Crippen LogP contribution in [0.2, 0.25) is 10.0 Å². The number of anilines is 1. The molecular formula is C21H13Cl2N3O2. The Morgan fingerprint density at radius 2 is 1.46 bits per heavy atom. The Balaban J connectivity index is 1.50. The first-order valence-corrected chi connectivity index (χ1v) is 9.11. The summed E-state index contributed by atoms with van der Waals surface area (Å²) in [5, 5.41) is 11.7. The van der Waals surface area contributed by atoms with Crippen molar-refractivity contribution >= 4 is 34.8 Å². The maximum atomic E-state index is 12.4. The zero-order chi connectivity index (χ0) is 19.5. The molecule has 1 amide bonds. The highest BCUT2D eigenvalue weighted by molar-refractivity contribution is 6.37. The summed E-state index contributed by atoms with van der Waals surface area (Å²) in [6, 6.07) is 21.4. The predicted molar refractivity (Wildman–Crippen MR) is 110 cm³/mol. The minimum absolute atomic E-state index is 0.293. The number of carbonyl (C=O) groups excluding carboxylic acids is 1. The van der Waals surface area contributed by atoms with E-state index in [0.717, 1.165) is 11.1 Å². The van der Waals surface area contributed by atoms with Crippen LogP contribution in [0.15, 0.2) is 77.2 Å². The highest BCUT2D eigenvalue weighted by Gasteiger charge is 2.13. The van der Waals surface area contributed by atoms with Gasteiger partial charge in [-0.25, -0.2) is 0 Å². The van der Waals surface area contributed by atoms with E-state index in [0.29, 0.717) is 33.1 Å². The summed E-state index contributed by atoms with van der Waals surface area (Å²) in [7, 11) is 0. The topological polar surface area (TPSA) is 68.0 Å². The number of amides is 1. The lowest BCUT2D eigenvalue weighted by Crippen LogP contribution is -2.12. The third-order valence-electron chi connectivity index (χ3n) is 4.01. The third kappa shape index (κ3) is 3.91. The molecule has 0 aliphatic carbocycles. The Labute approximate surface area is 170 Å². The molecule has 0 bridgehead atoms. The van der Waals surface area contributed by atoms with Crippen LogP contribution in [0.25, 0.3) is 22.9 Å². The van der Waals surface area contributed by atoms with Crippen LogP contribution >= 0.6 is 23.2 Å². The summed E-state index contributed by atoms with van der Waals surface area (Å²) in [5.41, 5.74) is 2.56. The van der Waals surface area contributed by atoms with Crippen LogP contribution in [-0.4, -0.2) is 16.1 Å². The van der Waals surface area contributed by atoms with Crippen molar-refractivity contribution < 1.29 is 9.21 Å². The molecular weight excluding hydrogens is 397 g/mol. The van der Waals surface area contributed by atoms with Crippen molar-refractivity contribution in [2.75, 3.05) is 5.32 Å². The SMILES string of the molecule is O=C(Nc1ccc(-c2nnc(-c3ccccc3)o2)cc1)c1ccc(Cl)cc1Cl. The van der Waals surface area contributed by atoms with Gasteiger partial charge in [0, 0.05) is 21.8 Å². The van der Waals surface area contributed by atoms with Crippen LogP contribution in [0.4, 0.5) is 5.69 Å². The van der Waals surface area contributed by atoms with E-state index in [1.165, 1.54) is 6.07 Å². The molecule has 5 nitrogen and oxygen atoms in total. The van der Waals surface area contributed by atoms with Gasteiger partial charge in [-0.1, -0.05) is 41.4 Å². The second-order valence-corrected chi connectivity index (χ2v) is 6.78. The molecule has 0 saturated carbocycles. The molecule has 0 aliphatic heterocycles. The fraction of sp³-hybridized carbons (Fsp3) is 0. The Hall–Kier alpha value is -3.15. The van der Waals surface area contributed by atoms with Gasteiger partial charge in [0.2, 0.25) is 11.8 Å². The molecule has 0 saturated heterocycles. The van der Waals surface area contributed by atoms with Gasteiger partial charge in [-0.15, -0.1) is 10.2 Å². The van der Waals surface area contributed by atoms with Gasteiger partial charge in [-0.05, 0) is 54.6 Å². The zero-order valence-electron chi connectivity index (χ0n) is 14.4. The Bertz CT molecular complexity index is 1130. The summed E-state index contributed by atoms with van der Waals surface area (Å²) in [4.78, 5) is 12.4. The number of benzene rings is 3. The number of aromatic nitrogens is 2. The second kappa shape index (κ2) is 7.84. The largest absolute Gasteiger partial charge is 0.416 e. The lowest BCUT2D eigenvalue weighted by Gasteiger charge is -2.07. The monoisotopic (exact) mass is 409 g/mol. The maximum Gasteiger partial charge on any atom is 0.257 e. The van der Waals surface area contributed by atoms with Crippen molar-refractivity contribution in [1.29, 1.82) is 0 Å². The molecule has 1 heterocycles. The van der Waals surface area contributed by atoms with Crippen LogP contribution < -0.4 is 5.32 Å². The highest BCUT2D eigenvalue weighted by Crippen LogP contribution is 2.26. The van der Waals surface area contributed by atoms with Gasteiger partial charge in [-0.3, -0.25) is 4.79 Å². The lowest BCUT2D eigenvalue weighted by molar-refractivity contribution is 0.102. The number of halogens is 2. The van der Waals surface area contributed by atoms with Crippen LogP contribution in [0.5, 0.6) is 0 Å². The molecule has 138 valence electrons. The summed E-state index contributed by atoms with van der Waals surface area (Å²) < 4.78 is 5.73. The van der Waals surface area contributed by atoms with Gasteiger partial charge in [0.1, 0.15) is 0 Å². The molecule has 0 spiro atoms. The van der Waals surface area contributed by atoms with E-state index < -0.39 is 0 Å². The average molecular weight is 410 g/mol. The smallest absolute Gasteiger partial charge is 0.257 e. The molecule has 28 heavy (non-hydrogen) atoms. The van der Waals surface area contributed by atoms with Gasteiger partial charge < -0.3 is 9.73 Å². The standard InChI is InChI=1S/C21H13Cl2N3O2/c22-15-8-11-17(18(23)12-15)19(27)24-16-9-6-14(7-10-16)21-26-25-20(28-21)13-4-2-1-3-5-13/h1-12H,(H,24,27). The molecule has 0 unspecified atom stereocenters. The number of hydrogen-bond acceptors (Lipinski definition) is 4. The van der Waals surface area contributed by atoms with E-state index in [1.54, 1.807) is 36.4 Å². The molecule has 3 aromatic carbocycles. The van der Waals surface area contributed by atoms with E-state index in [2.05, 4.69) is 15.5 Å². The molecule has 0 fully saturated rings. The summed E-state index contributed by atoms with van der Waals surface area (Å²) in [6.07, 6.45) is 0. The van der Waals surface area contributed by atoms with E-state index in [-0.39, 0.29) is 5.91 Å². The Morgan fingerprint density at radius 1 is 0.821 bits per heavy atom. The van der Waals surface area contributed by atoms with Crippen molar-refractivity contribution in [2.24, 2.45) is 0 Å². The number of rotatable bonds is 4. The minimum Gasteiger partial charge on any atom is -0.416 e.